The summed E-state index contributed by atoms with van der Waals surface area (Å²) in [5, 5.41) is 9.59. The Labute approximate surface area is 259 Å². The van der Waals surface area contributed by atoms with E-state index in [-0.39, 0.29) is 13.2 Å². The molecule has 1 aromatic heterocycles. The highest BCUT2D eigenvalue weighted by molar-refractivity contribution is 7.99. The van der Waals surface area contributed by atoms with Gasteiger partial charge >= 0.3 is 5.97 Å². The number of ether oxygens (including phenoxy) is 3. The van der Waals surface area contributed by atoms with Crippen molar-refractivity contribution < 1.29 is 19.0 Å². The maximum atomic E-state index is 13.6. The number of halogens is 2. The molecule has 1 unspecified atom stereocenters. The van der Waals surface area contributed by atoms with Gasteiger partial charge in [0.1, 0.15) is 19.3 Å². The van der Waals surface area contributed by atoms with Gasteiger partial charge in [-0.15, -0.1) is 5.10 Å². The zero-order valence-corrected chi connectivity index (χ0v) is 25.7. The maximum Gasteiger partial charge on any atom is 0.338 e. The summed E-state index contributed by atoms with van der Waals surface area (Å²) >= 11 is 13.8. The van der Waals surface area contributed by atoms with E-state index < -0.39 is 12.0 Å². The molecule has 8 nitrogen and oxygen atoms in total. The number of esters is 1. The van der Waals surface area contributed by atoms with E-state index in [1.54, 1.807) is 35.7 Å². The van der Waals surface area contributed by atoms with E-state index in [1.165, 1.54) is 0 Å². The molecule has 2 heterocycles. The lowest BCUT2D eigenvalue weighted by Gasteiger charge is -2.28. The largest absolute Gasteiger partial charge is 0.493 e. The van der Waals surface area contributed by atoms with Crippen molar-refractivity contribution in [2.24, 2.45) is 0 Å². The van der Waals surface area contributed by atoms with Gasteiger partial charge in [-0.25, -0.2) is 9.48 Å². The number of carbonyl (C=O) groups excluding carboxylic acids is 1. The summed E-state index contributed by atoms with van der Waals surface area (Å²) in [6.45, 7) is 4.36. The molecule has 0 spiro atoms. The molecule has 0 amide bonds. The molecule has 4 aromatic rings. The van der Waals surface area contributed by atoms with Gasteiger partial charge in [-0.05, 0) is 54.3 Å². The Morgan fingerprint density at radius 3 is 2.55 bits per heavy atom. The summed E-state index contributed by atoms with van der Waals surface area (Å²) in [4.78, 5) is 18.3. The highest BCUT2D eigenvalue weighted by Crippen LogP contribution is 2.40. The van der Waals surface area contributed by atoms with E-state index in [0.29, 0.717) is 43.9 Å². The molecule has 1 aliphatic heterocycles. The Morgan fingerprint density at radius 2 is 1.81 bits per heavy atom. The first-order chi connectivity index (χ1) is 20.4. The van der Waals surface area contributed by atoms with Crippen molar-refractivity contribution in [3.05, 3.63) is 105 Å². The molecule has 3 aromatic carbocycles. The fourth-order valence-corrected chi connectivity index (χ4v) is 5.53. The lowest BCUT2D eigenvalue weighted by atomic mass is 9.95. The van der Waals surface area contributed by atoms with Crippen LogP contribution in [0.2, 0.25) is 10.0 Å². The number of hydrogen-bond acceptors (Lipinski definition) is 8. The average Bonchev–Trinajstić information content (AvgIpc) is 3.41. The highest BCUT2D eigenvalue weighted by Gasteiger charge is 2.36. The SMILES string of the molecule is CCCSc1nc2n(n1)C(c1ccc(OCc3ccc(Cl)c(Cl)c3)c(OC)c1)C(C(=O)OCc1ccccc1)=C(C)N2. The molecule has 218 valence electrons. The van der Waals surface area contributed by atoms with Crippen LogP contribution < -0.4 is 14.8 Å². The first-order valence-corrected chi connectivity index (χ1v) is 15.1. The van der Waals surface area contributed by atoms with Crippen LogP contribution in [0.1, 0.15) is 43.0 Å². The molecule has 0 radical (unpaired) electrons. The number of aromatic nitrogens is 3. The number of anilines is 1. The van der Waals surface area contributed by atoms with E-state index in [9.17, 15) is 4.79 Å². The molecule has 0 aliphatic carbocycles. The van der Waals surface area contributed by atoms with Crippen LogP contribution in [0.25, 0.3) is 0 Å². The van der Waals surface area contributed by atoms with Gasteiger partial charge in [0, 0.05) is 11.4 Å². The van der Waals surface area contributed by atoms with Crippen LogP contribution in [-0.2, 0) is 22.7 Å². The highest BCUT2D eigenvalue weighted by atomic mass is 35.5. The van der Waals surface area contributed by atoms with Gasteiger partial charge in [0.05, 0.1) is 22.7 Å². The van der Waals surface area contributed by atoms with E-state index in [0.717, 1.165) is 28.9 Å². The second-order valence-electron chi connectivity index (χ2n) is 9.59. The summed E-state index contributed by atoms with van der Waals surface area (Å²) in [6.07, 6.45) is 0.987. The second kappa shape index (κ2) is 13.5. The van der Waals surface area contributed by atoms with Crippen LogP contribution in [0, 0.1) is 0 Å². The molecule has 0 saturated heterocycles. The third kappa shape index (κ3) is 6.69. The first-order valence-electron chi connectivity index (χ1n) is 13.4. The quantitative estimate of drug-likeness (QED) is 0.134. The lowest BCUT2D eigenvalue weighted by Crippen LogP contribution is -2.29. The minimum atomic E-state index is -0.606. The number of fused-ring (bicyclic) bond motifs is 1. The minimum Gasteiger partial charge on any atom is -0.493 e. The Kier molecular flexibility index (Phi) is 9.62. The summed E-state index contributed by atoms with van der Waals surface area (Å²) in [7, 11) is 1.57. The van der Waals surface area contributed by atoms with Gasteiger partial charge in [0.25, 0.3) is 0 Å². The van der Waals surface area contributed by atoms with Crippen LogP contribution in [0.3, 0.4) is 0 Å². The number of benzene rings is 3. The summed E-state index contributed by atoms with van der Waals surface area (Å²) < 4.78 is 19.3. The number of allylic oxidation sites excluding steroid dienone is 1. The van der Waals surface area contributed by atoms with Crippen LogP contribution in [0.4, 0.5) is 5.95 Å². The molecule has 1 N–H and O–H groups in total. The van der Waals surface area contributed by atoms with Gasteiger partial charge in [0.2, 0.25) is 11.1 Å². The van der Waals surface area contributed by atoms with Gasteiger partial charge in [-0.2, -0.15) is 4.98 Å². The number of thioether (sulfide) groups is 1. The predicted octanol–water partition coefficient (Wildman–Crippen LogP) is 7.71. The van der Waals surface area contributed by atoms with Crippen LogP contribution >= 0.6 is 35.0 Å². The maximum absolute atomic E-state index is 13.6. The smallest absolute Gasteiger partial charge is 0.338 e. The van der Waals surface area contributed by atoms with Gasteiger partial charge in [0.15, 0.2) is 11.5 Å². The predicted molar refractivity (Wildman–Crippen MR) is 166 cm³/mol. The van der Waals surface area contributed by atoms with Crippen LogP contribution in [-0.4, -0.2) is 33.6 Å². The third-order valence-corrected chi connectivity index (χ3v) is 8.37. The van der Waals surface area contributed by atoms with Crippen molar-refractivity contribution >= 4 is 46.9 Å². The molecule has 0 saturated carbocycles. The van der Waals surface area contributed by atoms with E-state index in [1.807, 2.05) is 61.5 Å². The van der Waals surface area contributed by atoms with E-state index in [4.69, 9.17) is 42.5 Å². The Bertz CT molecular complexity index is 1610. The molecular formula is C31H30Cl2N4O4S. The lowest BCUT2D eigenvalue weighted by molar-refractivity contribution is -0.140. The average molecular weight is 626 g/mol. The monoisotopic (exact) mass is 624 g/mol. The molecule has 0 bridgehead atoms. The van der Waals surface area contributed by atoms with Gasteiger partial charge in [-0.3, -0.25) is 0 Å². The van der Waals surface area contributed by atoms with Crippen LogP contribution in [0.5, 0.6) is 11.5 Å². The molecule has 1 atom stereocenters. The van der Waals surface area contributed by atoms with Gasteiger partial charge < -0.3 is 19.5 Å². The molecular weight excluding hydrogens is 595 g/mol. The number of nitrogens with one attached hydrogen (secondary N) is 1. The van der Waals surface area contributed by atoms with Crippen molar-refractivity contribution in [1.82, 2.24) is 14.8 Å². The van der Waals surface area contributed by atoms with Crippen molar-refractivity contribution in [3.63, 3.8) is 0 Å². The standard InChI is InChI=1S/C31H30Cl2N4O4S/c1-4-14-42-31-35-30-34-19(2)27(29(38)41-17-20-8-6-5-7-9-20)28(37(30)36-31)22-11-13-25(26(16-22)39-3)40-18-21-10-12-23(32)24(33)15-21/h5-13,15-16,28H,4,14,17-18H2,1-3H3,(H,34,35,36). The topological polar surface area (TPSA) is 87.5 Å². The zero-order chi connectivity index (χ0) is 29.6. The molecule has 11 heteroatoms. The Hall–Kier alpha value is -3.66. The van der Waals surface area contributed by atoms with Crippen molar-refractivity contribution in [2.75, 3.05) is 18.2 Å². The second-order valence-corrected chi connectivity index (χ2v) is 11.5. The summed E-state index contributed by atoms with van der Waals surface area (Å²) in [5.74, 6) is 2.02. The molecule has 42 heavy (non-hydrogen) atoms. The first kappa shape index (κ1) is 29.8. The van der Waals surface area contributed by atoms with Crippen molar-refractivity contribution in [3.8, 4) is 11.5 Å². The molecule has 1 aliphatic rings. The van der Waals surface area contributed by atoms with E-state index in [2.05, 4.69) is 17.2 Å². The normalized spacial score (nSPS) is 14.3. The molecule has 0 fully saturated rings. The summed E-state index contributed by atoms with van der Waals surface area (Å²) in [5.41, 5.74) is 3.60. The minimum absolute atomic E-state index is 0.149. The fourth-order valence-electron chi connectivity index (χ4n) is 4.52. The van der Waals surface area contributed by atoms with Crippen molar-refractivity contribution in [1.29, 1.82) is 0 Å². The van der Waals surface area contributed by atoms with Gasteiger partial charge in [-0.1, -0.05) is 84.4 Å². The number of rotatable bonds is 11. The molecule has 5 rings (SSSR count). The zero-order valence-electron chi connectivity index (χ0n) is 23.4. The Morgan fingerprint density at radius 1 is 1.00 bits per heavy atom. The van der Waals surface area contributed by atoms with Crippen LogP contribution in [0.15, 0.2) is 83.2 Å². The summed E-state index contributed by atoms with van der Waals surface area (Å²) in [6, 6.07) is 19.9. The van der Waals surface area contributed by atoms with E-state index >= 15 is 0 Å². The number of nitrogens with zero attached hydrogens (tertiary/aromatic N) is 3. The number of carbonyl (C=O) groups is 1. The number of hydrogen-bond donors (Lipinski definition) is 1. The third-order valence-electron chi connectivity index (χ3n) is 6.58. The fraction of sp³-hybridized carbons (Fsp3) is 0.258. The number of methoxy groups -OCH3 is 1. The Balaban J connectivity index is 1.47. The van der Waals surface area contributed by atoms with Crippen molar-refractivity contribution in [2.45, 2.75) is 44.7 Å².